The van der Waals surface area contributed by atoms with Crippen LogP contribution in [0, 0.1) is 0 Å². The van der Waals surface area contributed by atoms with E-state index in [9.17, 15) is 18.0 Å². The molecule has 0 radical (unpaired) electrons. The number of nitrogens with one attached hydrogen (secondary N) is 1. The van der Waals surface area contributed by atoms with Crippen LogP contribution in [-0.2, 0) is 6.18 Å². The molecule has 0 aliphatic carbocycles. The Balaban J connectivity index is 2.29. The van der Waals surface area contributed by atoms with Gasteiger partial charge in [0, 0.05) is 10.0 Å². The predicted molar refractivity (Wildman–Crippen MR) is 78.5 cm³/mol. The van der Waals surface area contributed by atoms with Gasteiger partial charge in [0.25, 0.3) is 5.91 Å². The van der Waals surface area contributed by atoms with Crippen LogP contribution in [0.1, 0.15) is 15.9 Å². The van der Waals surface area contributed by atoms with Crippen molar-refractivity contribution in [3.8, 4) is 0 Å². The van der Waals surface area contributed by atoms with Gasteiger partial charge >= 0.3 is 6.18 Å². The number of anilines is 1. The fourth-order valence-electron chi connectivity index (χ4n) is 1.62. The average molecular weight is 379 g/mol. The van der Waals surface area contributed by atoms with E-state index in [0.29, 0.717) is 10.0 Å². The molecule has 0 aromatic heterocycles. The van der Waals surface area contributed by atoms with Gasteiger partial charge in [0.1, 0.15) is 0 Å². The maximum Gasteiger partial charge on any atom is 0.416 e. The lowest BCUT2D eigenvalue weighted by molar-refractivity contribution is -0.137. The van der Waals surface area contributed by atoms with Gasteiger partial charge in [-0.15, -0.1) is 0 Å². The lowest BCUT2D eigenvalue weighted by Crippen LogP contribution is -2.13. The van der Waals surface area contributed by atoms with Gasteiger partial charge in [0.15, 0.2) is 0 Å². The van der Waals surface area contributed by atoms with Crippen molar-refractivity contribution in [2.24, 2.45) is 0 Å². The highest BCUT2D eigenvalue weighted by atomic mass is 79.9. The normalized spacial score (nSPS) is 11.3. The molecule has 2 aromatic rings. The second-order valence-electron chi connectivity index (χ2n) is 4.16. The van der Waals surface area contributed by atoms with Crippen LogP contribution in [0.4, 0.5) is 18.9 Å². The molecule has 2 rings (SSSR count). The van der Waals surface area contributed by atoms with Crippen LogP contribution < -0.4 is 5.32 Å². The van der Waals surface area contributed by atoms with E-state index in [2.05, 4.69) is 21.2 Å². The maximum atomic E-state index is 12.7. The first-order valence-electron chi connectivity index (χ1n) is 5.71. The van der Waals surface area contributed by atoms with E-state index in [1.54, 1.807) is 24.3 Å². The van der Waals surface area contributed by atoms with Crippen LogP contribution in [0.5, 0.6) is 0 Å². The standard InChI is InChI=1S/C14H8BrClF3NO/c15-10-3-1-2-8(6-10)13(21)20-12-7-9(14(17,18)19)4-5-11(12)16/h1-7H,(H,20,21). The Kier molecular flexibility index (Phi) is 4.58. The van der Waals surface area contributed by atoms with Gasteiger partial charge in [-0.1, -0.05) is 33.6 Å². The summed E-state index contributed by atoms with van der Waals surface area (Å²) >= 11 is 9.03. The molecule has 0 fully saturated rings. The molecule has 0 unspecified atom stereocenters. The zero-order valence-corrected chi connectivity index (χ0v) is 12.7. The predicted octanol–water partition coefficient (Wildman–Crippen LogP) is 5.37. The average Bonchev–Trinajstić information content (AvgIpc) is 2.40. The molecule has 110 valence electrons. The van der Waals surface area contributed by atoms with Crippen LogP contribution in [0.2, 0.25) is 5.02 Å². The van der Waals surface area contributed by atoms with E-state index >= 15 is 0 Å². The topological polar surface area (TPSA) is 29.1 Å². The first kappa shape index (κ1) is 15.9. The fourth-order valence-corrected chi connectivity index (χ4v) is 2.19. The number of carbonyl (C=O) groups excluding carboxylic acids is 1. The Morgan fingerprint density at radius 2 is 1.86 bits per heavy atom. The quantitative estimate of drug-likeness (QED) is 0.747. The number of carbonyl (C=O) groups is 1. The third kappa shape index (κ3) is 3.98. The third-order valence-electron chi connectivity index (χ3n) is 2.63. The summed E-state index contributed by atoms with van der Waals surface area (Å²) in [5, 5.41) is 2.41. The summed E-state index contributed by atoms with van der Waals surface area (Å²) in [7, 11) is 0. The van der Waals surface area contributed by atoms with Crippen molar-refractivity contribution in [3.05, 3.63) is 63.1 Å². The highest BCUT2D eigenvalue weighted by Gasteiger charge is 2.31. The summed E-state index contributed by atoms with van der Waals surface area (Å²) in [6, 6.07) is 9.23. The minimum atomic E-state index is -4.50. The van der Waals surface area contributed by atoms with Crippen molar-refractivity contribution < 1.29 is 18.0 Å². The van der Waals surface area contributed by atoms with Crippen LogP contribution in [-0.4, -0.2) is 5.91 Å². The highest BCUT2D eigenvalue weighted by Crippen LogP contribution is 2.34. The van der Waals surface area contributed by atoms with Gasteiger partial charge in [-0.2, -0.15) is 13.2 Å². The van der Waals surface area contributed by atoms with Crippen LogP contribution in [0.25, 0.3) is 0 Å². The van der Waals surface area contributed by atoms with E-state index in [0.717, 1.165) is 18.2 Å². The summed E-state index contributed by atoms with van der Waals surface area (Å²) < 4.78 is 38.6. The third-order valence-corrected chi connectivity index (χ3v) is 3.45. The number of halogens is 5. The summed E-state index contributed by atoms with van der Waals surface area (Å²) in [5.74, 6) is -0.544. The first-order chi connectivity index (χ1) is 9.77. The van der Waals surface area contributed by atoms with Crippen molar-refractivity contribution >= 4 is 39.1 Å². The molecule has 0 saturated heterocycles. The molecule has 0 heterocycles. The molecular formula is C14H8BrClF3NO. The summed E-state index contributed by atoms with van der Waals surface area (Å²) in [6.45, 7) is 0. The molecule has 0 aliphatic rings. The van der Waals surface area contributed by atoms with E-state index in [1.807, 2.05) is 0 Å². The molecule has 0 atom stereocenters. The van der Waals surface area contributed by atoms with Crippen molar-refractivity contribution in [1.29, 1.82) is 0 Å². The van der Waals surface area contributed by atoms with Gasteiger partial charge in [0.05, 0.1) is 16.3 Å². The Labute approximate surface area is 132 Å². The monoisotopic (exact) mass is 377 g/mol. The van der Waals surface area contributed by atoms with E-state index in [-0.39, 0.29) is 10.7 Å². The smallest absolute Gasteiger partial charge is 0.321 e. The Hall–Kier alpha value is -1.53. The van der Waals surface area contributed by atoms with Crippen LogP contribution >= 0.6 is 27.5 Å². The van der Waals surface area contributed by atoms with Gasteiger partial charge in [0.2, 0.25) is 0 Å². The van der Waals surface area contributed by atoms with Gasteiger partial charge in [-0.3, -0.25) is 4.79 Å². The molecule has 0 bridgehead atoms. The first-order valence-corrected chi connectivity index (χ1v) is 6.88. The van der Waals surface area contributed by atoms with Gasteiger partial charge < -0.3 is 5.32 Å². The minimum Gasteiger partial charge on any atom is -0.321 e. The summed E-state index contributed by atoms with van der Waals surface area (Å²) in [6.07, 6.45) is -4.50. The van der Waals surface area contributed by atoms with E-state index < -0.39 is 17.6 Å². The summed E-state index contributed by atoms with van der Waals surface area (Å²) in [4.78, 5) is 12.0. The number of hydrogen-bond acceptors (Lipinski definition) is 1. The molecule has 1 amide bonds. The van der Waals surface area contributed by atoms with Crippen molar-refractivity contribution in [2.45, 2.75) is 6.18 Å². The lowest BCUT2D eigenvalue weighted by Gasteiger charge is -2.11. The number of alkyl halides is 3. The van der Waals surface area contributed by atoms with Crippen molar-refractivity contribution in [3.63, 3.8) is 0 Å². The molecule has 7 heteroatoms. The SMILES string of the molecule is O=C(Nc1cc(C(F)(F)F)ccc1Cl)c1cccc(Br)c1. The second-order valence-corrected chi connectivity index (χ2v) is 5.48. The molecule has 21 heavy (non-hydrogen) atoms. The molecule has 2 nitrogen and oxygen atoms in total. The molecule has 1 N–H and O–H groups in total. The van der Waals surface area contributed by atoms with Crippen LogP contribution in [0.15, 0.2) is 46.9 Å². The second kappa shape index (κ2) is 6.07. The molecule has 2 aromatic carbocycles. The zero-order valence-electron chi connectivity index (χ0n) is 10.3. The molecule has 0 aliphatic heterocycles. The van der Waals surface area contributed by atoms with Crippen LogP contribution in [0.3, 0.4) is 0 Å². The van der Waals surface area contributed by atoms with Gasteiger partial charge in [-0.25, -0.2) is 0 Å². The van der Waals surface area contributed by atoms with E-state index in [4.69, 9.17) is 11.6 Å². The highest BCUT2D eigenvalue weighted by molar-refractivity contribution is 9.10. The zero-order chi connectivity index (χ0) is 15.6. The molecule has 0 spiro atoms. The molecule has 0 saturated carbocycles. The maximum absolute atomic E-state index is 12.7. The number of benzene rings is 2. The fraction of sp³-hybridized carbons (Fsp3) is 0.0714. The Bertz CT molecular complexity index is 688. The number of amides is 1. The number of hydrogen-bond donors (Lipinski definition) is 1. The minimum absolute atomic E-state index is 0.0337. The van der Waals surface area contributed by atoms with Crippen molar-refractivity contribution in [1.82, 2.24) is 0 Å². The Morgan fingerprint density at radius 3 is 2.48 bits per heavy atom. The number of rotatable bonds is 2. The largest absolute Gasteiger partial charge is 0.416 e. The van der Waals surface area contributed by atoms with Crippen molar-refractivity contribution in [2.75, 3.05) is 5.32 Å². The summed E-state index contributed by atoms with van der Waals surface area (Å²) in [5.41, 5.74) is -0.661. The van der Waals surface area contributed by atoms with Gasteiger partial charge in [-0.05, 0) is 36.4 Å². The molecular weight excluding hydrogens is 371 g/mol. The van der Waals surface area contributed by atoms with E-state index in [1.165, 1.54) is 0 Å². The lowest BCUT2D eigenvalue weighted by atomic mass is 10.1. The Morgan fingerprint density at radius 1 is 1.14 bits per heavy atom.